The number of carboxylic acids is 1. The molecule has 3 atom stereocenters. The Labute approximate surface area is 239 Å². The molecule has 222 valence electrons. The minimum absolute atomic E-state index is 0.0880. The second kappa shape index (κ2) is 16.6. The highest BCUT2D eigenvalue weighted by Crippen LogP contribution is 2.39. The van der Waals surface area contributed by atoms with Crippen molar-refractivity contribution >= 4 is 14.3 Å². The van der Waals surface area contributed by atoms with Crippen molar-refractivity contribution < 1.29 is 24.2 Å². The molecule has 0 heterocycles. The average Bonchev–Trinajstić information content (AvgIpc) is 2.84. The van der Waals surface area contributed by atoms with Crippen LogP contribution in [-0.2, 0) is 9.22 Å². The van der Waals surface area contributed by atoms with Crippen molar-refractivity contribution in [2.45, 2.75) is 141 Å². The van der Waals surface area contributed by atoms with E-state index in [2.05, 4.69) is 46.0 Å². The van der Waals surface area contributed by atoms with Gasteiger partial charge in [-0.25, -0.2) is 0 Å². The Morgan fingerprint density at radius 2 is 1.67 bits per heavy atom. The zero-order valence-corrected chi connectivity index (χ0v) is 26.4. The van der Waals surface area contributed by atoms with Gasteiger partial charge in [0.2, 0.25) is 0 Å². The van der Waals surface area contributed by atoms with Crippen molar-refractivity contribution in [2.24, 2.45) is 5.92 Å². The highest BCUT2D eigenvalue weighted by molar-refractivity contribution is 6.74. The van der Waals surface area contributed by atoms with Gasteiger partial charge in [0.1, 0.15) is 5.75 Å². The van der Waals surface area contributed by atoms with Gasteiger partial charge in [0.05, 0.1) is 24.7 Å². The predicted octanol–water partition coefficient (Wildman–Crippen LogP) is 8.92. The van der Waals surface area contributed by atoms with Crippen LogP contribution in [0.15, 0.2) is 42.5 Å². The van der Waals surface area contributed by atoms with Gasteiger partial charge in [-0.1, -0.05) is 96.1 Å². The molecule has 2 N–H and O–H groups in total. The molecule has 2 rings (SSSR count). The van der Waals surface area contributed by atoms with Crippen LogP contribution in [0.1, 0.15) is 111 Å². The molecule has 0 bridgehead atoms. The fourth-order valence-electron chi connectivity index (χ4n) is 5.24. The van der Waals surface area contributed by atoms with Crippen molar-refractivity contribution in [1.29, 1.82) is 0 Å². The van der Waals surface area contributed by atoms with Crippen LogP contribution in [0.25, 0.3) is 0 Å². The molecule has 39 heavy (non-hydrogen) atoms. The molecule has 0 amide bonds. The Balaban J connectivity index is 1.72. The summed E-state index contributed by atoms with van der Waals surface area (Å²) in [6, 6.07) is 10.0. The third-order valence-electron chi connectivity index (χ3n) is 8.58. The quantitative estimate of drug-likeness (QED) is 0.106. The van der Waals surface area contributed by atoms with Crippen LogP contribution in [0.4, 0.5) is 0 Å². The standard InChI is InChI=1S/C33H56O5Si/c1-32(2,3)39(4,5)38-30(23-22-28-18-17-24-33(36,26-28)27-31(34)35)21-13-10-8-6-7-9-11-16-25-37-29-19-14-12-15-20-29/h12,14-15,19-20,22-23,28,30,36H,6-11,13,16-18,21,24-27H2,1-5H3,(H,34,35)/b23-22+. The van der Waals surface area contributed by atoms with Crippen molar-refractivity contribution in [3.63, 3.8) is 0 Å². The maximum Gasteiger partial charge on any atom is 0.306 e. The molecule has 0 aliphatic heterocycles. The van der Waals surface area contributed by atoms with Crippen molar-refractivity contribution in [3.8, 4) is 5.75 Å². The summed E-state index contributed by atoms with van der Waals surface area (Å²) in [5, 5.41) is 20.1. The summed E-state index contributed by atoms with van der Waals surface area (Å²) in [5.74, 6) is 0.256. The van der Waals surface area contributed by atoms with E-state index in [4.69, 9.17) is 9.16 Å². The first kappa shape index (κ1) is 33.6. The Morgan fingerprint density at radius 1 is 1.05 bits per heavy atom. The van der Waals surface area contributed by atoms with Crippen LogP contribution >= 0.6 is 0 Å². The molecule has 1 aliphatic carbocycles. The Hall–Kier alpha value is -1.63. The summed E-state index contributed by atoms with van der Waals surface area (Å²) in [5.41, 5.74) is -1.08. The van der Waals surface area contributed by atoms with Gasteiger partial charge in [-0.05, 0) is 74.7 Å². The molecule has 0 radical (unpaired) electrons. The minimum atomic E-state index is -1.91. The lowest BCUT2D eigenvalue weighted by molar-refractivity contribution is -0.144. The van der Waals surface area contributed by atoms with Gasteiger partial charge < -0.3 is 19.4 Å². The third-order valence-corrected chi connectivity index (χ3v) is 13.1. The Morgan fingerprint density at radius 3 is 2.28 bits per heavy atom. The van der Waals surface area contributed by atoms with Gasteiger partial charge in [-0.3, -0.25) is 4.79 Å². The molecule has 0 saturated heterocycles. The second-order valence-corrected chi connectivity index (χ2v) is 18.0. The first-order valence-corrected chi connectivity index (χ1v) is 18.3. The normalized spacial score (nSPS) is 21.2. The lowest BCUT2D eigenvalue weighted by Gasteiger charge is -2.39. The smallest absolute Gasteiger partial charge is 0.306 e. The van der Waals surface area contributed by atoms with Crippen LogP contribution in [0.5, 0.6) is 5.75 Å². The van der Waals surface area contributed by atoms with Crippen LogP contribution in [0.3, 0.4) is 0 Å². The van der Waals surface area contributed by atoms with Crippen molar-refractivity contribution in [1.82, 2.24) is 0 Å². The fraction of sp³-hybridized carbons (Fsp3) is 0.727. The van der Waals surface area contributed by atoms with E-state index in [9.17, 15) is 15.0 Å². The largest absolute Gasteiger partial charge is 0.494 e. The monoisotopic (exact) mass is 560 g/mol. The summed E-state index contributed by atoms with van der Waals surface area (Å²) in [6.07, 6.45) is 18.2. The van der Waals surface area contributed by atoms with Gasteiger partial charge in [-0.15, -0.1) is 0 Å². The van der Waals surface area contributed by atoms with E-state index < -0.39 is 19.9 Å². The average molecular weight is 561 g/mol. The SMILES string of the molecule is CC(C)(C)[Si](C)(C)OC(/C=C/C1CCCC(O)(CC(=O)O)C1)CCCCCCCCCCOc1ccccc1. The molecule has 1 aromatic rings. The Bertz CT molecular complexity index is 847. The molecule has 0 spiro atoms. The van der Waals surface area contributed by atoms with Gasteiger partial charge in [0, 0.05) is 0 Å². The number of aliphatic hydroxyl groups is 1. The molecular weight excluding hydrogens is 504 g/mol. The third kappa shape index (κ3) is 13.5. The van der Waals surface area contributed by atoms with E-state index in [0.29, 0.717) is 12.8 Å². The molecule has 3 unspecified atom stereocenters. The summed E-state index contributed by atoms with van der Waals surface area (Å²) < 4.78 is 12.6. The van der Waals surface area contributed by atoms with Crippen molar-refractivity contribution in [3.05, 3.63) is 42.5 Å². The first-order valence-electron chi connectivity index (χ1n) is 15.4. The van der Waals surface area contributed by atoms with E-state index in [1.54, 1.807) is 0 Å². The summed E-state index contributed by atoms with van der Waals surface area (Å²) in [6.45, 7) is 12.3. The summed E-state index contributed by atoms with van der Waals surface area (Å²) in [7, 11) is -1.91. The van der Waals surface area contributed by atoms with E-state index in [1.807, 2.05) is 30.3 Å². The number of benzene rings is 1. The summed E-state index contributed by atoms with van der Waals surface area (Å²) >= 11 is 0. The van der Waals surface area contributed by atoms with E-state index in [1.165, 1.54) is 38.5 Å². The number of para-hydroxylation sites is 1. The summed E-state index contributed by atoms with van der Waals surface area (Å²) in [4.78, 5) is 11.2. The molecule has 5 nitrogen and oxygen atoms in total. The van der Waals surface area contributed by atoms with Gasteiger partial charge >= 0.3 is 5.97 Å². The van der Waals surface area contributed by atoms with Crippen molar-refractivity contribution in [2.75, 3.05) is 6.61 Å². The molecular formula is C33H56O5Si. The number of unbranched alkanes of at least 4 members (excludes halogenated alkanes) is 7. The molecule has 1 aromatic carbocycles. The minimum Gasteiger partial charge on any atom is -0.494 e. The lowest BCUT2D eigenvalue weighted by atomic mass is 9.76. The first-order chi connectivity index (χ1) is 18.4. The van der Waals surface area contributed by atoms with Crippen LogP contribution in [-0.4, -0.2) is 42.8 Å². The number of aliphatic carboxylic acids is 1. The lowest BCUT2D eigenvalue weighted by Crippen LogP contribution is -2.43. The van der Waals surface area contributed by atoms with Crippen LogP contribution in [0, 0.1) is 5.92 Å². The van der Waals surface area contributed by atoms with Gasteiger partial charge in [-0.2, -0.15) is 0 Å². The van der Waals surface area contributed by atoms with Crippen LogP contribution in [0.2, 0.25) is 18.1 Å². The van der Waals surface area contributed by atoms with Gasteiger partial charge in [0.15, 0.2) is 8.32 Å². The number of hydrogen-bond acceptors (Lipinski definition) is 4. The second-order valence-electron chi connectivity index (χ2n) is 13.2. The topological polar surface area (TPSA) is 76.0 Å². The molecule has 1 fully saturated rings. The van der Waals surface area contributed by atoms with E-state index in [0.717, 1.165) is 44.5 Å². The van der Waals surface area contributed by atoms with E-state index >= 15 is 0 Å². The zero-order chi connectivity index (χ0) is 28.8. The Kier molecular flexibility index (Phi) is 14.3. The number of ether oxygens (including phenoxy) is 1. The maximum atomic E-state index is 11.2. The zero-order valence-electron chi connectivity index (χ0n) is 25.4. The molecule has 1 saturated carbocycles. The number of allylic oxidation sites excluding steroid dienone is 1. The molecule has 0 aromatic heterocycles. The van der Waals surface area contributed by atoms with Crippen LogP contribution < -0.4 is 4.74 Å². The van der Waals surface area contributed by atoms with Gasteiger partial charge in [0.25, 0.3) is 0 Å². The predicted molar refractivity (Wildman–Crippen MR) is 164 cm³/mol. The molecule has 1 aliphatic rings. The number of carboxylic acid groups (broad SMARTS) is 1. The maximum absolute atomic E-state index is 11.2. The fourth-order valence-corrected chi connectivity index (χ4v) is 6.54. The molecule has 6 heteroatoms. The number of carbonyl (C=O) groups is 1. The number of hydrogen-bond donors (Lipinski definition) is 2. The number of rotatable bonds is 18. The highest BCUT2D eigenvalue weighted by atomic mass is 28.4. The van der Waals surface area contributed by atoms with E-state index in [-0.39, 0.29) is 23.5 Å². The highest BCUT2D eigenvalue weighted by Gasteiger charge is 2.39.